The fraction of sp³-hybridized carbons (Fsp3) is 0.417. The number of hydrogen-bond acceptors (Lipinski definition) is 5. The van der Waals surface area contributed by atoms with Crippen LogP contribution in [0.1, 0.15) is 16.7 Å². The van der Waals surface area contributed by atoms with Crippen LogP contribution in [0.2, 0.25) is 0 Å². The molecule has 0 aliphatic rings. The fourth-order valence-electron chi connectivity index (χ4n) is 2.08. The Morgan fingerprint density at radius 2 is 1.68 bits per heavy atom. The number of nitrogens with two attached hydrogens (primary N) is 2. The predicted molar refractivity (Wildman–Crippen MR) is 71.4 cm³/mol. The molecule has 0 saturated heterocycles. The first-order chi connectivity index (χ1) is 8.57. The van der Waals surface area contributed by atoms with E-state index in [0.29, 0.717) is 11.1 Å². The van der Waals surface area contributed by atoms with Crippen LogP contribution in [0.4, 0.5) is 0 Å². The molecule has 5 N–H and O–H groups in total. The van der Waals surface area contributed by atoms with E-state index in [2.05, 4.69) is 0 Å². The largest absolute Gasteiger partial charge is 0.479 e. The van der Waals surface area contributed by atoms with Crippen LogP contribution in [-0.2, 0) is 14.6 Å². The normalized spacial score (nSPS) is 15.0. The summed E-state index contributed by atoms with van der Waals surface area (Å²) in [4.78, 5) is 8.60. The second-order valence-electron chi connectivity index (χ2n) is 4.63. The van der Waals surface area contributed by atoms with Crippen molar-refractivity contribution in [2.45, 2.75) is 30.5 Å². The van der Waals surface area contributed by atoms with E-state index in [1.807, 2.05) is 6.92 Å². The van der Waals surface area contributed by atoms with Crippen molar-refractivity contribution in [1.82, 2.24) is 0 Å². The summed E-state index contributed by atoms with van der Waals surface area (Å²) in [5.41, 5.74) is 12.6. The number of aryl methyl sites for hydroxylation is 3. The van der Waals surface area contributed by atoms with Gasteiger partial charge in [0.2, 0.25) is 14.7 Å². The molecule has 1 rings (SSSR count). The summed E-state index contributed by atoms with van der Waals surface area (Å²) in [6.07, 6.45) is 0. The molecular weight excluding hydrogens is 268 g/mol. The minimum Gasteiger partial charge on any atom is -0.479 e. The van der Waals surface area contributed by atoms with Gasteiger partial charge in [0.25, 0.3) is 0 Å². The number of carbonyl (C=O) groups is 1. The number of rotatable bonds is 4. The zero-order chi connectivity index (χ0) is 15.0. The molecule has 1 aromatic carbocycles. The van der Waals surface area contributed by atoms with Crippen molar-refractivity contribution in [2.75, 3.05) is 6.54 Å². The molecule has 0 aliphatic carbocycles. The van der Waals surface area contributed by atoms with Crippen molar-refractivity contribution in [3.05, 3.63) is 28.8 Å². The van der Waals surface area contributed by atoms with Gasteiger partial charge >= 0.3 is 5.97 Å². The summed E-state index contributed by atoms with van der Waals surface area (Å²) >= 11 is 0. The molecule has 0 radical (unpaired) electrons. The molecule has 19 heavy (non-hydrogen) atoms. The van der Waals surface area contributed by atoms with E-state index in [1.54, 1.807) is 26.0 Å². The smallest absolute Gasteiger partial charge is 0.341 e. The monoisotopic (exact) mass is 286 g/mol. The molecule has 0 heterocycles. The van der Waals surface area contributed by atoms with E-state index in [4.69, 9.17) is 16.6 Å². The van der Waals surface area contributed by atoms with E-state index in [0.717, 1.165) is 5.56 Å². The Labute approximate surface area is 112 Å². The lowest BCUT2D eigenvalue weighted by atomic mass is 10.1. The predicted octanol–water partition coefficient (Wildman–Crippen LogP) is 0.0839. The van der Waals surface area contributed by atoms with Crippen LogP contribution < -0.4 is 11.5 Å². The number of benzene rings is 1. The van der Waals surface area contributed by atoms with Crippen molar-refractivity contribution < 1.29 is 18.3 Å². The zero-order valence-corrected chi connectivity index (χ0v) is 11.9. The fourth-order valence-corrected chi connectivity index (χ4v) is 3.86. The molecule has 6 nitrogen and oxygen atoms in total. The van der Waals surface area contributed by atoms with E-state index in [9.17, 15) is 13.2 Å². The van der Waals surface area contributed by atoms with Gasteiger partial charge in [-0.2, -0.15) is 0 Å². The van der Waals surface area contributed by atoms with Gasteiger partial charge in [0.15, 0.2) is 0 Å². The number of carboxylic acid groups (broad SMARTS) is 1. The third-order valence-corrected chi connectivity index (χ3v) is 5.50. The van der Waals surface area contributed by atoms with Crippen LogP contribution in [0.3, 0.4) is 0 Å². The quantitative estimate of drug-likeness (QED) is 0.720. The zero-order valence-electron chi connectivity index (χ0n) is 11.1. The summed E-state index contributed by atoms with van der Waals surface area (Å²) in [5, 5.41) is 9.08. The first-order valence-electron chi connectivity index (χ1n) is 5.62. The van der Waals surface area contributed by atoms with E-state index >= 15 is 0 Å². The van der Waals surface area contributed by atoms with Crippen LogP contribution in [0.25, 0.3) is 0 Å². The maximum atomic E-state index is 12.5. The number of carboxylic acids is 1. The van der Waals surface area contributed by atoms with Crippen molar-refractivity contribution in [2.24, 2.45) is 11.5 Å². The summed E-state index contributed by atoms with van der Waals surface area (Å²) in [6.45, 7) is 4.33. The Kier molecular flexibility index (Phi) is 4.04. The molecule has 1 atom stereocenters. The van der Waals surface area contributed by atoms with Crippen molar-refractivity contribution in [3.63, 3.8) is 0 Å². The third kappa shape index (κ3) is 2.36. The molecule has 0 aliphatic heterocycles. The van der Waals surface area contributed by atoms with Crippen molar-refractivity contribution >= 4 is 15.8 Å². The molecular formula is C12H18N2O4S. The SMILES string of the molecule is Cc1cc(C)c(S(=O)(=O)[C@](N)(CN)C(=O)O)c(C)c1. The molecule has 0 spiro atoms. The van der Waals surface area contributed by atoms with Crippen LogP contribution in [-0.4, -0.2) is 30.9 Å². The lowest BCUT2D eigenvalue weighted by Crippen LogP contribution is -2.60. The Morgan fingerprint density at radius 1 is 1.26 bits per heavy atom. The highest BCUT2D eigenvalue weighted by molar-refractivity contribution is 7.93. The van der Waals surface area contributed by atoms with E-state index in [1.165, 1.54) is 0 Å². The molecule has 0 amide bonds. The van der Waals surface area contributed by atoms with Gasteiger partial charge in [0.1, 0.15) is 0 Å². The topological polar surface area (TPSA) is 123 Å². The Hall–Kier alpha value is -1.44. The summed E-state index contributed by atoms with van der Waals surface area (Å²) in [7, 11) is -4.27. The Morgan fingerprint density at radius 3 is 2.00 bits per heavy atom. The van der Waals surface area contributed by atoms with Gasteiger partial charge in [-0.1, -0.05) is 17.7 Å². The second-order valence-corrected chi connectivity index (χ2v) is 6.77. The van der Waals surface area contributed by atoms with Crippen molar-refractivity contribution in [3.8, 4) is 0 Å². The summed E-state index contributed by atoms with van der Waals surface area (Å²) in [6, 6.07) is 3.33. The highest BCUT2D eigenvalue weighted by Crippen LogP contribution is 2.28. The first-order valence-corrected chi connectivity index (χ1v) is 7.11. The van der Waals surface area contributed by atoms with Gasteiger partial charge in [0, 0.05) is 6.54 Å². The minimum absolute atomic E-state index is 0.0616. The molecule has 7 heteroatoms. The lowest BCUT2D eigenvalue weighted by molar-refractivity contribution is -0.139. The van der Waals surface area contributed by atoms with Crippen LogP contribution >= 0.6 is 0 Å². The second kappa shape index (κ2) is 4.92. The van der Waals surface area contributed by atoms with E-state index < -0.39 is 27.2 Å². The Balaban J connectivity index is 3.66. The number of hydrogen-bond donors (Lipinski definition) is 3. The molecule has 0 bridgehead atoms. The third-order valence-electron chi connectivity index (χ3n) is 3.02. The number of aliphatic carboxylic acids is 1. The maximum Gasteiger partial charge on any atom is 0.341 e. The van der Waals surface area contributed by atoms with Gasteiger partial charge in [-0.15, -0.1) is 0 Å². The number of sulfone groups is 1. The highest BCUT2D eigenvalue weighted by Gasteiger charge is 2.48. The van der Waals surface area contributed by atoms with Crippen LogP contribution in [0.5, 0.6) is 0 Å². The van der Waals surface area contributed by atoms with Crippen LogP contribution in [0, 0.1) is 20.8 Å². The van der Waals surface area contributed by atoms with Crippen molar-refractivity contribution in [1.29, 1.82) is 0 Å². The van der Waals surface area contributed by atoms with Crippen LogP contribution in [0.15, 0.2) is 17.0 Å². The molecule has 0 unspecified atom stereocenters. The van der Waals surface area contributed by atoms with Gasteiger partial charge in [-0.05, 0) is 31.9 Å². The minimum atomic E-state index is -4.27. The summed E-state index contributed by atoms with van der Waals surface area (Å²) in [5.74, 6) is -1.66. The van der Waals surface area contributed by atoms with Gasteiger partial charge < -0.3 is 16.6 Å². The van der Waals surface area contributed by atoms with Gasteiger partial charge in [0.05, 0.1) is 4.90 Å². The lowest BCUT2D eigenvalue weighted by Gasteiger charge is -2.25. The first kappa shape index (κ1) is 15.6. The van der Waals surface area contributed by atoms with E-state index in [-0.39, 0.29) is 4.90 Å². The molecule has 0 saturated carbocycles. The average molecular weight is 286 g/mol. The molecule has 0 fully saturated rings. The standard InChI is InChI=1S/C12H18N2O4S/c1-7-4-8(2)10(9(3)5-7)19(17,18)12(14,6-13)11(15)16/h4-5H,6,13-14H2,1-3H3,(H,15,16)/t12-/m1/s1. The highest BCUT2D eigenvalue weighted by atomic mass is 32.2. The molecule has 0 aromatic heterocycles. The molecule has 1 aromatic rings. The maximum absolute atomic E-state index is 12.5. The van der Waals surface area contributed by atoms with Gasteiger partial charge in [-0.25, -0.2) is 13.2 Å². The Bertz CT molecular complexity index is 602. The average Bonchev–Trinajstić information content (AvgIpc) is 2.25. The molecule has 106 valence electrons. The van der Waals surface area contributed by atoms with Gasteiger partial charge in [-0.3, -0.25) is 0 Å². The summed E-state index contributed by atoms with van der Waals surface area (Å²) < 4.78 is 25.0.